The second-order valence-electron chi connectivity index (χ2n) is 7.15. The highest BCUT2D eigenvalue weighted by atomic mass is 35.5. The topological polar surface area (TPSA) is 49.4 Å². The molecular weight excluding hydrogens is 443 g/mol. The molecule has 0 spiro atoms. The molecule has 2 rings (SSSR count). The first-order valence-corrected chi connectivity index (χ1v) is 11.2. The van der Waals surface area contributed by atoms with Crippen LogP contribution < -0.4 is 5.32 Å². The van der Waals surface area contributed by atoms with Crippen LogP contribution in [0.5, 0.6) is 0 Å². The third-order valence-corrected chi connectivity index (χ3v) is 5.77. The number of carbonyl (C=O) groups is 2. The van der Waals surface area contributed by atoms with Crippen molar-refractivity contribution in [3.63, 3.8) is 0 Å². The normalized spacial score (nSPS) is 11.8. The predicted molar refractivity (Wildman–Crippen MR) is 124 cm³/mol. The SMILES string of the molecule is CCCCNC(=O)C(CC)N(Cc1ccc(Cl)c(Cl)c1)C(=O)Cc1cccc(Cl)c1. The molecule has 0 fully saturated rings. The van der Waals surface area contributed by atoms with E-state index in [2.05, 4.69) is 12.2 Å². The van der Waals surface area contributed by atoms with E-state index in [1.165, 1.54) is 0 Å². The van der Waals surface area contributed by atoms with Crippen LogP contribution >= 0.6 is 34.8 Å². The molecule has 0 heterocycles. The molecular formula is C23H27Cl3N2O2. The number of unbranched alkanes of at least 4 members (excludes halogenated alkanes) is 1. The molecule has 1 N–H and O–H groups in total. The highest BCUT2D eigenvalue weighted by Crippen LogP contribution is 2.24. The van der Waals surface area contributed by atoms with Gasteiger partial charge in [0, 0.05) is 18.1 Å². The summed E-state index contributed by atoms with van der Waals surface area (Å²) in [4.78, 5) is 27.7. The maximum Gasteiger partial charge on any atom is 0.242 e. The molecule has 4 nitrogen and oxygen atoms in total. The van der Waals surface area contributed by atoms with E-state index < -0.39 is 6.04 Å². The number of hydrogen-bond acceptors (Lipinski definition) is 2. The fourth-order valence-corrected chi connectivity index (χ4v) is 3.72. The molecule has 0 aromatic heterocycles. The molecule has 162 valence electrons. The Morgan fingerprint density at radius 1 is 1.00 bits per heavy atom. The lowest BCUT2D eigenvalue weighted by Gasteiger charge is -2.31. The van der Waals surface area contributed by atoms with E-state index in [0.29, 0.717) is 28.0 Å². The van der Waals surface area contributed by atoms with Gasteiger partial charge in [0.25, 0.3) is 0 Å². The molecule has 0 aliphatic rings. The van der Waals surface area contributed by atoms with Gasteiger partial charge in [-0.3, -0.25) is 9.59 Å². The van der Waals surface area contributed by atoms with Crippen LogP contribution in [0.15, 0.2) is 42.5 Å². The summed E-state index contributed by atoms with van der Waals surface area (Å²) in [6.07, 6.45) is 2.53. The molecule has 2 aromatic carbocycles. The van der Waals surface area contributed by atoms with Crippen molar-refractivity contribution in [1.82, 2.24) is 10.2 Å². The highest BCUT2D eigenvalue weighted by Gasteiger charge is 2.28. The van der Waals surface area contributed by atoms with E-state index in [0.717, 1.165) is 24.0 Å². The molecule has 1 unspecified atom stereocenters. The number of amides is 2. The fourth-order valence-electron chi connectivity index (χ4n) is 3.18. The third kappa shape index (κ3) is 7.19. The molecule has 7 heteroatoms. The Morgan fingerprint density at radius 3 is 2.40 bits per heavy atom. The summed E-state index contributed by atoms with van der Waals surface area (Å²) in [6, 6.07) is 11.8. The lowest BCUT2D eigenvalue weighted by atomic mass is 10.1. The minimum Gasteiger partial charge on any atom is -0.354 e. The number of rotatable bonds is 10. The second kappa shape index (κ2) is 12.2. The molecule has 1 atom stereocenters. The Balaban J connectivity index is 2.28. The predicted octanol–water partition coefficient (Wildman–Crippen LogP) is 5.91. The molecule has 2 aromatic rings. The van der Waals surface area contributed by atoms with E-state index in [1.807, 2.05) is 25.1 Å². The molecule has 30 heavy (non-hydrogen) atoms. The van der Waals surface area contributed by atoms with Crippen molar-refractivity contribution in [3.8, 4) is 0 Å². The average Bonchev–Trinajstić information content (AvgIpc) is 2.70. The zero-order chi connectivity index (χ0) is 22.1. The number of nitrogens with one attached hydrogen (secondary N) is 1. The molecule has 2 amide bonds. The Hall–Kier alpha value is -1.75. The number of halogens is 3. The summed E-state index contributed by atoms with van der Waals surface area (Å²) in [5, 5.41) is 4.38. The number of benzene rings is 2. The standard InChI is InChI=1S/C23H27Cl3N2O2/c1-3-5-11-27-23(30)21(4-2)28(15-17-9-10-19(25)20(26)13-17)22(29)14-16-7-6-8-18(24)12-16/h6-10,12-13,21H,3-5,11,14-15H2,1-2H3,(H,27,30). The van der Waals surface area contributed by atoms with Gasteiger partial charge in [-0.15, -0.1) is 0 Å². The Bertz CT molecular complexity index is 873. The molecule has 0 aliphatic carbocycles. The maximum absolute atomic E-state index is 13.3. The van der Waals surface area contributed by atoms with Gasteiger partial charge in [0.05, 0.1) is 16.5 Å². The van der Waals surface area contributed by atoms with Crippen molar-refractivity contribution >= 4 is 46.6 Å². The highest BCUT2D eigenvalue weighted by molar-refractivity contribution is 6.42. The maximum atomic E-state index is 13.3. The largest absolute Gasteiger partial charge is 0.354 e. The minimum atomic E-state index is -0.581. The van der Waals surface area contributed by atoms with Crippen molar-refractivity contribution < 1.29 is 9.59 Å². The first-order valence-electron chi connectivity index (χ1n) is 10.1. The Morgan fingerprint density at radius 2 is 1.77 bits per heavy atom. The van der Waals surface area contributed by atoms with Crippen LogP contribution in [-0.4, -0.2) is 29.3 Å². The average molecular weight is 470 g/mol. The fraction of sp³-hybridized carbons (Fsp3) is 0.391. The summed E-state index contributed by atoms with van der Waals surface area (Å²) >= 11 is 18.2. The first kappa shape index (κ1) is 24.5. The lowest BCUT2D eigenvalue weighted by Crippen LogP contribution is -2.49. The number of nitrogens with zero attached hydrogens (tertiary/aromatic N) is 1. The number of hydrogen-bond donors (Lipinski definition) is 1. The molecule has 0 aliphatic heterocycles. The zero-order valence-corrected chi connectivity index (χ0v) is 19.5. The van der Waals surface area contributed by atoms with Crippen molar-refractivity contribution in [3.05, 3.63) is 68.7 Å². The smallest absolute Gasteiger partial charge is 0.242 e. The summed E-state index contributed by atoms with van der Waals surface area (Å²) < 4.78 is 0. The Kier molecular flexibility index (Phi) is 9.96. The van der Waals surface area contributed by atoms with Crippen LogP contribution in [0.2, 0.25) is 15.1 Å². The van der Waals surface area contributed by atoms with Crippen molar-refractivity contribution in [2.45, 2.75) is 52.1 Å². The van der Waals surface area contributed by atoms with Crippen LogP contribution in [0, 0.1) is 0 Å². The van der Waals surface area contributed by atoms with Gasteiger partial charge in [0.2, 0.25) is 11.8 Å². The molecule has 0 bridgehead atoms. The van der Waals surface area contributed by atoms with E-state index >= 15 is 0 Å². The van der Waals surface area contributed by atoms with Gasteiger partial charge < -0.3 is 10.2 Å². The van der Waals surface area contributed by atoms with E-state index in [4.69, 9.17) is 34.8 Å². The molecule has 0 saturated carbocycles. The first-order chi connectivity index (χ1) is 14.3. The van der Waals surface area contributed by atoms with Gasteiger partial charge in [0.15, 0.2) is 0 Å². The van der Waals surface area contributed by atoms with Crippen LogP contribution in [0.1, 0.15) is 44.2 Å². The van der Waals surface area contributed by atoms with Crippen molar-refractivity contribution in [2.24, 2.45) is 0 Å². The lowest BCUT2D eigenvalue weighted by molar-refractivity contribution is -0.140. The van der Waals surface area contributed by atoms with Gasteiger partial charge >= 0.3 is 0 Å². The van der Waals surface area contributed by atoms with Crippen LogP contribution in [0.25, 0.3) is 0 Å². The van der Waals surface area contributed by atoms with Gasteiger partial charge in [-0.05, 0) is 48.2 Å². The second-order valence-corrected chi connectivity index (χ2v) is 8.40. The van der Waals surface area contributed by atoms with Crippen molar-refractivity contribution in [2.75, 3.05) is 6.54 Å². The molecule has 0 radical (unpaired) electrons. The zero-order valence-electron chi connectivity index (χ0n) is 17.3. The Labute approximate surface area is 193 Å². The summed E-state index contributed by atoms with van der Waals surface area (Å²) in [5.74, 6) is -0.300. The number of carbonyl (C=O) groups excluding carboxylic acids is 2. The van der Waals surface area contributed by atoms with Gasteiger partial charge in [0.1, 0.15) is 6.04 Å². The van der Waals surface area contributed by atoms with E-state index in [9.17, 15) is 9.59 Å². The quantitative estimate of drug-likeness (QED) is 0.440. The van der Waals surface area contributed by atoms with Gasteiger partial charge in [-0.1, -0.05) is 73.3 Å². The third-order valence-electron chi connectivity index (χ3n) is 4.80. The van der Waals surface area contributed by atoms with Crippen molar-refractivity contribution in [1.29, 1.82) is 0 Å². The summed E-state index contributed by atoms with van der Waals surface area (Å²) in [7, 11) is 0. The van der Waals surface area contributed by atoms with Crippen LogP contribution in [0.4, 0.5) is 0 Å². The summed E-state index contributed by atoms with van der Waals surface area (Å²) in [5.41, 5.74) is 1.61. The monoisotopic (exact) mass is 468 g/mol. The minimum absolute atomic E-state index is 0.148. The van der Waals surface area contributed by atoms with Crippen LogP contribution in [-0.2, 0) is 22.6 Å². The molecule has 0 saturated heterocycles. The summed E-state index contributed by atoms with van der Waals surface area (Å²) in [6.45, 7) is 4.82. The van der Waals surface area contributed by atoms with Gasteiger partial charge in [-0.25, -0.2) is 0 Å². The van der Waals surface area contributed by atoms with E-state index in [-0.39, 0.29) is 24.8 Å². The van der Waals surface area contributed by atoms with E-state index in [1.54, 1.807) is 29.2 Å². The van der Waals surface area contributed by atoms with Crippen LogP contribution in [0.3, 0.4) is 0 Å². The van der Waals surface area contributed by atoms with Gasteiger partial charge in [-0.2, -0.15) is 0 Å².